The lowest BCUT2D eigenvalue weighted by atomic mass is 10.0. The molecule has 0 aromatic rings. The lowest BCUT2D eigenvalue weighted by Gasteiger charge is -2.26. The van der Waals surface area contributed by atoms with Crippen molar-refractivity contribution in [1.82, 2.24) is 0 Å². The van der Waals surface area contributed by atoms with Crippen LogP contribution < -0.4 is 5.11 Å². The maximum Gasteiger partial charge on any atom is 0.306 e. The van der Waals surface area contributed by atoms with Crippen LogP contribution in [0, 0.1) is 0 Å². The zero-order valence-corrected chi connectivity index (χ0v) is 47.0. The van der Waals surface area contributed by atoms with Gasteiger partial charge in [-0.1, -0.05) is 225 Å². The zero-order valence-electron chi connectivity index (χ0n) is 47.0. The molecular weight excluding hydrogens is 911 g/mol. The molecule has 9 heteroatoms. The van der Waals surface area contributed by atoms with Gasteiger partial charge in [-0.3, -0.25) is 9.59 Å². The predicted octanol–water partition coefficient (Wildman–Crippen LogP) is 15.6. The number of allylic oxidation sites excluding steroid dienone is 20. The Labute approximate surface area is 447 Å². The van der Waals surface area contributed by atoms with Crippen LogP contribution in [0.25, 0.3) is 0 Å². The highest BCUT2D eigenvalue weighted by molar-refractivity contribution is 5.70. The van der Waals surface area contributed by atoms with E-state index in [-0.39, 0.29) is 38.6 Å². The molecular formula is C64H105NO8. The summed E-state index contributed by atoms with van der Waals surface area (Å²) in [6.45, 7) is 4.42. The second kappa shape index (κ2) is 54.0. The monoisotopic (exact) mass is 1020 g/mol. The fourth-order valence-corrected chi connectivity index (χ4v) is 7.38. The Bertz CT molecular complexity index is 1610. The molecule has 73 heavy (non-hydrogen) atoms. The third-order valence-electron chi connectivity index (χ3n) is 11.7. The van der Waals surface area contributed by atoms with Gasteiger partial charge in [-0.25, -0.2) is 0 Å². The van der Waals surface area contributed by atoms with Gasteiger partial charge >= 0.3 is 11.9 Å². The molecule has 0 aromatic heterocycles. The molecule has 0 saturated heterocycles. The van der Waals surface area contributed by atoms with Gasteiger partial charge in [-0.2, -0.15) is 0 Å². The summed E-state index contributed by atoms with van der Waals surface area (Å²) < 4.78 is 22.6. The Kier molecular flexibility index (Phi) is 50.8. The minimum Gasteiger partial charge on any atom is -0.545 e. The number of ether oxygens (including phenoxy) is 4. The van der Waals surface area contributed by atoms with Crippen molar-refractivity contribution in [3.05, 3.63) is 122 Å². The third kappa shape index (κ3) is 55.3. The van der Waals surface area contributed by atoms with Crippen LogP contribution in [0.15, 0.2) is 122 Å². The topological polar surface area (TPSA) is 111 Å². The molecule has 0 aliphatic heterocycles. The van der Waals surface area contributed by atoms with Gasteiger partial charge in [0.25, 0.3) is 0 Å². The van der Waals surface area contributed by atoms with Crippen LogP contribution in [-0.4, -0.2) is 82.3 Å². The molecule has 414 valence electrons. The SMILES string of the molecule is CC/C=C\C/C=C\C/C=C\C/C=C\C/C=C\C/C=C\CCC(=O)OC(COC(=O)CCCCCCCCCCCCCCCCCC/C=C\C/C=C\C/C=C\C/C=C\CC)COC(OCC[N+](C)(C)C)C(=O)[O-]. The molecule has 0 N–H and O–H groups in total. The normalized spacial score (nSPS) is 13.7. The summed E-state index contributed by atoms with van der Waals surface area (Å²) in [5.74, 6) is -2.41. The van der Waals surface area contributed by atoms with E-state index in [1.165, 1.54) is 89.9 Å². The summed E-state index contributed by atoms with van der Waals surface area (Å²) in [6, 6.07) is 0. The number of hydrogen-bond acceptors (Lipinski definition) is 8. The first-order valence-corrected chi connectivity index (χ1v) is 28.7. The van der Waals surface area contributed by atoms with E-state index in [0.29, 0.717) is 17.4 Å². The van der Waals surface area contributed by atoms with E-state index < -0.39 is 24.3 Å². The molecule has 0 fully saturated rings. The summed E-state index contributed by atoms with van der Waals surface area (Å²) in [5, 5.41) is 11.8. The van der Waals surface area contributed by atoms with Crippen molar-refractivity contribution in [3.8, 4) is 0 Å². The number of esters is 2. The van der Waals surface area contributed by atoms with Gasteiger partial charge in [0.15, 0.2) is 12.4 Å². The Balaban J connectivity index is 4.29. The second-order valence-corrected chi connectivity index (χ2v) is 19.8. The fraction of sp³-hybridized carbons (Fsp3) is 0.641. The number of carbonyl (C=O) groups is 3. The number of unbranched alkanes of at least 4 members (excludes halogenated alkanes) is 16. The highest BCUT2D eigenvalue weighted by atomic mass is 16.7. The molecule has 0 radical (unpaired) electrons. The van der Waals surface area contributed by atoms with Gasteiger partial charge in [-0.15, -0.1) is 0 Å². The van der Waals surface area contributed by atoms with Gasteiger partial charge in [0, 0.05) is 12.8 Å². The van der Waals surface area contributed by atoms with Crippen molar-refractivity contribution in [3.63, 3.8) is 0 Å². The van der Waals surface area contributed by atoms with Crippen LogP contribution in [-0.2, 0) is 33.3 Å². The molecule has 0 aliphatic rings. The highest BCUT2D eigenvalue weighted by Crippen LogP contribution is 2.15. The number of hydrogen-bond donors (Lipinski definition) is 0. The van der Waals surface area contributed by atoms with Gasteiger partial charge in [0.1, 0.15) is 13.2 Å². The van der Waals surface area contributed by atoms with Crippen molar-refractivity contribution >= 4 is 17.9 Å². The van der Waals surface area contributed by atoms with E-state index in [1.54, 1.807) is 0 Å². The largest absolute Gasteiger partial charge is 0.545 e. The molecule has 0 saturated carbocycles. The van der Waals surface area contributed by atoms with E-state index in [4.69, 9.17) is 18.9 Å². The molecule has 2 unspecified atom stereocenters. The number of nitrogens with zero attached hydrogens (tertiary/aromatic N) is 1. The molecule has 0 spiro atoms. The maximum atomic E-state index is 12.8. The Morgan fingerprint density at radius 3 is 1.15 bits per heavy atom. The van der Waals surface area contributed by atoms with Crippen LogP contribution in [0.5, 0.6) is 0 Å². The van der Waals surface area contributed by atoms with Crippen LogP contribution in [0.3, 0.4) is 0 Å². The predicted molar refractivity (Wildman–Crippen MR) is 306 cm³/mol. The van der Waals surface area contributed by atoms with E-state index in [1.807, 2.05) is 33.3 Å². The molecule has 0 amide bonds. The highest BCUT2D eigenvalue weighted by Gasteiger charge is 2.21. The number of carboxylic acids is 1. The average Bonchev–Trinajstić information content (AvgIpc) is 3.36. The molecule has 0 aliphatic carbocycles. The smallest absolute Gasteiger partial charge is 0.306 e. The van der Waals surface area contributed by atoms with E-state index in [2.05, 4.69) is 123 Å². The second-order valence-electron chi connectivity index (χ2n) is 19.8. The number of carboxylic acid groups (broad SMARTS) is 1. The first-order chi connectivity index (χ1) is 35.6. The molecule has 0 bridgehead atoms. The quantitative estimate of drug-likeness (QED) is 0.0195. The summed E-state index contributed by atoms with van der Waals surface area (Å²) in [5.41, 5.74) is 0. The first kappa shape index (κ1) is 68.7. The van der Waals surface area contributed by atoms with Gasteiger partial charge in [0.2, 0.25) is 0 Å². The van der Waals surface area contributed by atoms with Gasteiger partial charge in [0.05, 0.1) is 40.3 Å². The molecule has 0 rings (SSSR count). The van der Waals surface area contributed by atoms with Crippen molar-refractivity contribution in [2.24, 2.45) is 0 Å². The Hall–Kier alpha value is -4.31. The zero-order chi connectivity index (χ0) is 53.4. The minimum atomic E-state index is -1.65. The molecule has 2 atom stereocenters. The Morgan fingerprint density at radius 2 is 0.767 bits per heavy atom. The molecule has 9 nitrogen and oxygen atoms in total. The van der Waals surface area contributed by atoms with Crippen LogP contribution in [0.2, 0.25) is 0 Å². The van der Waals surface area contributed by atoms with Crippen LogP contribution in [0.1, 0.15) is 206 Å². The summed E-state index contributed by atoms with van der Waals surface area (Å²) in [6.07, 6.45) is 72.7. The van der Waals surface area contributed by atoms with Gasteiger partial charge in [-0.05, 0) is 89.9 Å². The standard InChI is InChI=1S/C64H105NO8/c1-6-8-10-12-14-16-18-20-22-24-26-27-28-29-30-31-32-33-34-35-37-38-40-42-44-46-48-50-52-54-61(66)71-58-60(59-72-64(63(68)69)70-57-56-65(3,4)5)73-62(67)55-53-51-49-47-45-43-41-39-36-25-23-21-19-17-15-13-11-9-7-2/h8-11,14-17,20-23,26-27,36,39,43,45,49,51,60,64H,6-7,12-13,18-19,24-25,28-35,37-38,40-42,44,46-48,50,52-59H2,1-5H3/b10-8-,11-9-,16-14-,17-15-,22-20-,23-21-,27-26-,39-36-,45-43-,51-49-. The summed E-state index contributed by atoms with van der Waals surface area (Å²) in [4.78, 5) is 37.2. The average molecular weight is 1020 g/mol. The number of aliphatic carboxylic acids is 1. The van der Waals surface area contributed by atoms with Crippen LogP contribution >= 0.6 is 0 Å². The van der Waals surface area contributed by atoms with Crippen molar-refractivity contribution in [1.29, 1.82) is 0 Å². The number of rotatable bonds is 51. The third-order valence-corrected chi connectivity index (χ3v) is 11.7. The van der Waals surface area contributed by atoms with Crippen molar-refractivity contribution in [2.75, 3.05) is 47.5 Å². The number of carbonyl (C=O) groups excluding carboxylic acids is 3. The molecule has 0 heterocycles. The maximum absolute atomic E-state index is 12.8. The number of likely N-dealkylation sites (N-methyl/N-ethyl adjacent to an activating group) is 1. The summed E-state index contributed by atoms with van der Waals surface area (Å²) >= 11 is 0. The van der Waals surface area contributed by atoms with E-state index in [0.717, 1.165) is 83.5 Å². The van der Waals surface area contributed by atoms with Gasteiger partial charge < -0.3 is 33.3 Å². The minimum absolute atomic E-state index is 0.117. The van der Waals surface area contributed by atoms with Crippen LogP contribution in [0.4, 0.5) is 0 Å². The van der Waals surface area contributed by atoms with Crippen molar-refractivity contribution < 1.29 is 42.9 Å². The lowest BCUT2D eigenvalue weighted by molar-refractivity contribution is -0.870. The summed E-state index contributed by atoms with van der Waals surface area (Å²) in [7, 11) is 5.89. The fourth-order valence-electron chi connectivity index (χ4n) is 7.38. The van der Waals surface area contributed by atoms with E-state index in [9.17, 15) is 19.5 Å². The number of quaternary nitrogens is 1. The first-order valence-electron chi connectivity index (χ1n) is 28.7. The Morgan fingerprint density at radius 1 is 0.411 bits per heavy atom. The van der Waals surface area contributed by atoms with Crippen molar-refractivity contribution in [2.45, 2.75) is 219 Å². The van der Waals surface area contributed by atoms with E-state index >= 15 is 0 Å². The molecule has 0 aromatic carbocycles. The lowest BCUT2D eigenvalue weighted by Crippen LogP contribution is -2.44.